The lowest BCUT2D eigenvalue weighted by Crippen LogP contribution is -2.42. The van der Waals surface area contributed by atoms with Crippen molar-refractivity contribution in [1.82, 2.24) is 14.9 Å². The second kappa shape index (κ2) is 8.62. The van der Waals surface area contributed by atoms with Gasteiger partial charge in [-0.25, -0.2) is 4.79 Å². The van der Waals surface area contributed by atoms with E-state index in [4.69, 9.17) is 16.3 Å². The van der Waals surface area contributed by atoms with E-state index in [1.807, 2.05) is 35.9 Å². The summed E-state index contributed by atoms with van der Waals surface area (Å²) in [6, 6.07) is 7.41. The summed E-state index contributed by atoms with van der Waals surface area (Å²) in [6.45, 7) is 5.14. The Labute approximate surface area is 177 Å². The van der Waals surface area contributed by atoms with Crippen molar-refractivity contribution in [2.45, 2.75) is 39.0 Å². The third-order valence-corrected chi connectivity index (χ3v) is 5.20. The molecular formula is C21H22ClN3O5. The lowest BCUT2D eigenvalue weighted by molar-refractivity contribution is -0.151. The van der Waals surface area contributed by atoms with Gasteiger partial charge in [0.2, 0.25) is 5.43 Å². The van der Waals surface area contributed by atoms with Gasteiger partial charge < -0.3 is 24.7 Å². The van der Waals surface area contributed by atoms with E-state index < -0.39 is 35.2 Å². The lowest BCUT2D eigenvalue weighted by Gasteiger charge is -2.24. The Hall–Kier alpha value is -3.26. The molecule has 1 aromatic carbocycles. The van der Waals surface area contributed by atoms with Crippen molar-refractivity contribution in [1.29, 1.82) is 0 Å². The molecule has 1 amide bonds. The van der Waals surface area contributed by atoms with Gasteiger partial charge in [-0.3, -0.25) is 9.59 Å². The summed E-state index contributed by atoms with van der Waals surface area (Å²) in [5, 5.41) is 13.7. The van der Waals surface area contributed by atoms with Crippen molar-refractivity contribution < 1.29 is 19.4 Å². The molecule has 8 nitrogen and oxygen atoms in total. The largest absolute Gasteiger partial charge is 0.503 e. The van der Waals surface area contributed by atoms with Gasteiger partial charge in [-0.2, -0.15) is 0 Å². The number of halogens is 1. The molecule has 3 rings (SSSR count). The van der Waals surface area contributed by atoms with Crippen molar-refractivity contribution in [2.75, 3.05) is 0 Å². The number of nitrogens with one attached hydrogen (secondary N) is 2. The number of esters is 1. The van der Waals surface area contributed by atoms with Gasteiger partial charge in [0, 0.05) is 34.4 Å². The van der Waals surface area contributed by atoms with Crippen LogP contribution < -0.4 is 10.7 Å². The molecule has 2 unspecified atom stereocenters. The summed E-state index contributed by atoms with van der Waals surface area (Å²) in [4.78, 5) is 38.7. The second-order valence-corrected chi connectivity index (χ2v) is 7.51. The number of fused-ring (bicyclic) bond motifs is 1. The fourth-order valence-electron chi connectivity index (χ4n) is 3.07. The highest BCUT2D eigenvalue weighted by atomic mass is 35.5. The Morgan fingerprint density at radius 3 is 2.67 bits per heavy atom. The Balaban J connectivity index is 1.66. The van der Waals surface area contributed by atoms with Crippen molar-refractivity contribution in [3.63, 3.8) is 0 Å². The highest BCUT2D eigenvalue weighted by Gasteiger charge is 2.25. The van der Waals surface area contributed by atoms with E-state index in [2.05, 4.69) is 10.3 Å². The molecule has 2 heterocycles. The Kier molecular flexibility index (Phi) is 6.17. The Morgan fingerprint density at radius 1 is 1.20 bits per heavy atom. The standard InChI is InChI=1S/C21H22ClN3O5/c1-11(24-20(28)18-19(27)17(26)6-8-23-18)21(29)30-13(3)12(2)25-9-7-14-10-15(22)4-5-16(14)25/h4-13,27H,1-3H3,(H,23,26)(H,24,28)/t11-,12?,13?/m0/s1. The van der Waals surface area contributed by atoms with Crippen molar-refractivity contribution in [2.24, 2.45) is 0 Å². The maximum Gasteiger partial charge on any atom is 0.328 e. The molecular weight excluding hydrogens is 410 g/mol. The molecule has 9 heteroatoms. The number of benzene rings is 1. The number of aromatic amines is 1. The number of nitrogens with zero attached hydrogens (tertiary/aromatic N) is 1. The number of aromatic hydroxyl groups is 1. The van der Waals surface area contributed by atoms with Crippen LogP contribution in [0.3, 0.4) is 0 Å². The minimum Gasteiger partial charge on any atom is -0.503 e. The molecule has 3 atom stereocenters. The number of hydrogen-bond donors (Lipinski definition) is 3. The average molecular weight is 432 g/mol. The number of hydrogen-bond acceptors (Lipinski definition) is 5. The normalized spacial score (nSPS) is 14.1. The van der Waals surface area contributed by atoms with E-state index in [-0.39, 0.29) is 11.7 Å². The van der Waals surface area contributed by atoms with Crippen LogP contribution in [-0.4, -0.2) is 38.7 Å². The Morgan fingerprint density at radius 2 is 1.93 bits per heavy atom. The van der Waals surface area contributed by atoms with Crippen LogP contribution in [-0.2, 0) is 9.53 Å². The SMILES string of the molecule is CC(OC(=O)[C@H](C)NC(=O)c1[nH]ccc(=O)c1O)C(C)n1ccc2cc(Cl)ccc21. The van der Waals surface area contributed by atoms with E-state index in [1.165, 1.54) is 13.1 Å². The number of rotatable bonds is 6. The molecule has 3 N–H and O–H groups in total. The predicted octanol–water partition coefficient (Wildman–Crippen LogP) is 3.00. The summed E-state index contributed by atoms with van der Waals surface area (Å²) in [6.07, 6.45) is 2.64. The fourth-order valence-corrected chi connectivity index (χ4v) is 3.25. The molecule has 0 aliphatic heterocycles. The molecule has 0 bridgehead atoms. The van der Waals surface area contributed by atoms with Crippen molar-refractivity contribution in [3.05, 3.63) is 63.7 Å². The first-order valence-corrected chi connectivity index (χ1v) is 9.75. The van der Waals surface area contributed by atoms with Gasteiger partial charge in [0.25, 0.3) is 5.91 Å². The zero-order valence-corrected chi connectivity index (χ0v) is 17.4. The molecule has 2 aromatic heterocycles. The molecule has 158 valence electrons. The first-order chi connectivity index (χ1) is 14.2. The molecule has 0 saturated heterocycles. The van der Waals surface area contributed by atoms with Gasteiger partial charge in [0.1, 0.15) is 12.1 Å². The smallest absolute Gasteiger partial charge is 0.328 e. The zero-order valence-electron chi connectivity index (χ0n) is 16.7. The number of pyridine rings is 1. The first kappa shape index (κ1) is 21.4. The van der Waals surface area contributed by atoms with Crippen LogP contribution in [0.4, 0.5) is 0 Å². The van der Waals surface area contributed by atoms with Crippen LogP contribution in [0.15, 0.2) is 47.5 Å². The van der Waals surface area contributed by atoms with Crippen LogP contribution in [0.2, 0.25) is 5.02 Å². The molecule has 3 aromatic rings. The number of H-pyrrole nitrogens is 1. The average Bonchev–Trinajstić information content (AvgIpc) is 3.11. The summed E-state index contributed by atoms with van der Waals surface area (Å²) < 4.78 is 7.51. The minimum absolute atomic E-state index is 0.176. The monoisotopic (exact) mass is 431 g/mol. The van der Waals surface area contributed by atoms with Crippen molar-refractivity contribution >= 4 is 34.4 Å². The van der Waals surface area contributed by atoms with Crippen molar-refractivity contribution in [3.8, 4) is 5.75 Å². The maximum absolute atomic E-state index is 12.5. The first-order valence-electron chi connectivity index (χ1n) is 9.37. The third-order valence-electron chi connectivity index (χ3n) is 4.96. The van der Waals surface area contributed by atoms with E-state index in [9.17, 15) is 19.5 Å². The highest BCUT2D eigenvalue weighted by molar-refractivity contribution is 6.31. The number of ether oxygens (including phenoxy) is 1. The van der Waals surface area contributed by atoms with Crippen LogP contribution in [0, 0.1) is 0 Å². The van der Waals surface area contributed by atoms with Gasteiger partial charge in [0.05, 0.1) is 6.04 Å². The van der Waals surface area contributed by atoms with Gasteiger partial charge in [-0.15, -0.1) is 0 Å². The summed E-state index contributed by atoms with van der Waals surface area (Å²) in [5.41, 5.74) is -0.0579. The van der Waals surface area contributed by atoms with Crippen LogP contribution in [0.1, 0.15) is 37.3 Å². The lowest BCUT2D eigenvalue weighted by atomic mass is 10.2. The zero-order chi connectivity index (χ0) is 22.0. The number of aromatic nitrogens is 2. The highest BCUT2D eigenvalue weighted by Crippen LogP contribution is 2.25. The molecule has 0 aliphatic rings. The molecule has 0 spiro atoms. The molecule has 30 heavy (non-hydrogen) atoms. The fraction of sp³-hybridized carbons (Fsp3) is 0.286. The van der Waals surface area contributed by atoms with Gasteiger partial charge >= 0.3 is 5.97 Å². The Bertz CT molecular complexity index is 1150. The molecule has 0 saturated carbocycles. The number of amides is 1. The summed E-state index contributed by atoms with van der Waals surface area (Å²) in [7, 11) is 0. The van der Waals surface area contributed by atoms with E-state index in [1.54, 1.807) is 13.0 Å². The molecule has 0 aliphatic carbocycles. The van der Waals surface area contributed by atoms with Gasteiger partial charge in [-0.1, -0.05) is 11.6 Å². The van der Waals surface area contributed by atoms with E-state index in [0.717, 1.165) is 17.0 Å². The third kappa shape index (κ3) is 4.33. The van der Waals surface area contributed by atoms with Gasteiger partial charge in [-0.05, 0) is 45.0 Å². The van der Waals surface area contributed by atoms with Gasteiger partial charge in [0.15, 0.2) is 11.4 Å². The number of carbonyl (C=O) groups is 2. The van der Waals surface area contributed by atoms with Crippen LogP contribution >= 0.6 is 11.6 Å². The van der Waals surface area contributed by atoms with E-state index in [0.29, 0.717) is 5.02 Å². The molecule has 0 radical (unpaired) electrons. The van der Waals surface area contributed by atoms with E-state index >= 15 is 0 Å². The summed E-state index contributed by atoms with van der Waals surface area (Å²) in [5.74, 6) is -2.14. The minimum atomic E-state index is -0.990. The topological polar surface area (TPSA) is 113 Å². The predicted molar refractivity (Wildman–Crippen MR) is 113 cm³/mol. The van der Waals surface area contributed by atoms with Crippen LogP contribution in [0.25, 0.3) is 10.9 Å². The molecule has 0 fully saturated rings. The maximum atomic E-state index is 12.5. The summed E-state index contributed by atoms with van der Waals surface area (Å²) >= 11 is 6.03. The second-order valence-electron chi connectivity index (χ2n) is 7.07. The quantitative estimate of drug-likeness (QED) is 0.519. The number of carbonyl (C=O) groups excluding carboxylic acids is 2. The van der Waals surface area contributed by atoms with Crippen LogP contribution in [0.5, 0.6) is 5.75 Å².